The summed E-state index contributed by atoms with van der Waals surface area (Å²) in [6, 6.07) is 14.2. The van der Waals surface area contributed by atoms with Gasteiger partial charge in [-0.1, -0.05) is 47.1 Å². The van der Waals surface area contributed by atoms with Gasteiger partial charge < -0.3 is 9.57 Å². The minimum atomic E-state index is -0.590. The first-order valence-corrected chi connectivity index (χ1v) is 7.30. The van der Waals surface area contributed by atoms with Gasteiger partial charge in [-0.2, -0.15) is 0 Å². The van der Waals surface area contributed by atoms with Crippen molar-refractivity contribution in [3.63, 3.8) is 0 Å². The van der Waals surface area contributed by atoms with Crippen LogP contribution in [0.15, 0.2) is 59.8 Å². The van der Waals surface area contributed by atoms with Gasteiger partial charge in [0.15, 0.2) is 0 Å². The fourth-order valence-corrected chi connectivity index (χ4v) is 1.96. The number of ether oxygens (including phenoxy) is 1. The van der Waals surface area contributed by atoms with Crippen molar-refractivity contribution in [3.05, 3.63) is 70.8 Å². The van der Waals surface area contributed by atoms with Gasteiger partial charge in [0, 0.05) is 0 Å². The van der Waals surface area contributed by atoms with Crippen molar-refractivity contribution >= 4 is 29.4 Å². The van der Waals surface area contributed by atoms with Gasteiger partial charge in [-0.3, -0.25) is 0 Å². The van der Waals surface area contributed by atoms with E-state index in [-0.39, 0.29) is 5.56 Å². The molecule has 0 bridgehead atoms. The van der Waals surface area contributed by atoms with E-state index in [0.717, 1.165) is 11.3 Å². The minimum Gasteiger partial charge on any atom is -0.497 e. The number of nitrogens with zero attached hydrogens (tertiary/aromatic N) is 1. The summed E-state index contributed by atoms with van der Waals surface area (Å²) < 4.78 is 5.10. The first-order chi connectivity index (χ1) is 11.1. The topological polar surface area (TPSA) is 47.9 Å². The normalized spacial score (nSPS) is 11.5. The average Bonchev–Trinajstić information content (AvgIpc) is 2.58. The Morgan fingerprint density at radius 3 is 2.48 bits per heavy atom. The predicted octanol–water partition coefficient (Wildman–Crippen LogP) is 4.59. The van der Waals surface area contributed by atoms with Crippen LogP contribution in [0.2, 0.25) is 5.02 Å². The van der Waals surface area contributed by atoms with Gasteiger partial charge in [0.1, 0.15) is 5.75 Å². The second-order valence-electron chi connectivity index (χ2n) is 4.70. The molecule has 0 amide bonds. The fraction of sp³-hybridized carbons (Fsp3) is 0.111. The molecule has 0 atom stereocenters. The van der Waals surface area contributed by atoms with Gasteiger partial charge in [0.2, 0.25) is 0 Å². The lowest BCUT2D eigenvalue weighted by Gasteiger charge is -2.01. The zero-order chi connectivity index (χ0) is 16.7. The first-order valence-electron chi connectivity index (χ1n) is 6.93. The van der Waals surface area contributed by atoms with Crippen LogP contribution in [0.1, 0.15) is 22.8 Å². The molecule has 2 aromatic rings. The smallest absolute Gasteiger partial charge is 0.367 e. The van der Waals surface area contributed by atoms with Gasteiger partial charge >= 0.3 is 5.97 Å². The van der Waals surface area contributed by atoms with Crippen molar-refractivity contribution in [2.24, 2.45) is 5.16 Å². The molecule has 0 saturated carbocycles. The Labute approximate surface area is 140 Å². The SMILES string of the molecule is COc1ccc(C=CC(C)=NOC(=O)c2ccccc2Cl)cc1. The lowest BCUT2D eigenvalue weighted by Crippen LogP contribution is -2.02. The third kappa shape index (κ3) is 4.97. The highest BCUT2D eigenvalue weighted by atomic mass is 35.5. The summed E-state index contributed by atoms with van der Waals surface area (Å²) in [5.74, 6) is 0.203. The molecule has 0 aliphatic carbocycles. The highest BCUT2D eigenvalue weighted by Gasteiger charge is 2.10. The molecular weight excluding hydrogens is 314 g/mol. The van der Waals surface area contributed by atoms with Crippen LogP contribution >= 0.6 is 11.6 Å². The lowest BCUT2D eigenvalue weighted by atomic mass is 10.2. The number of hydrogen-bond donors (Lipinski definition) is 0. The van der Waals surface area contributed by atoms with E-state index in [1.54, 1.807) is 44.4 Å². The number of benzene rings is 2. The van der Waals surface area contributed by atoms with Crippen molar-refractivity contribution in [2.75, 3.05) is 7.11 Å². The molecule has 2 rings (SSSR count). The standard InChI is InChI=1S/C18H16ClNO3/c1-13(7-8-14-9-11-15(22-2)12-10-14)20-23-18(21)16-5-3-4-6-17(16)19/h3-12H,1-2H3. The Bertz CT molecular complexity index is 736. The number of carbonyl (C=O) groups excluding carboxylic acids is 1. The summed E-state index contributed by atoms with van der Waals surface area (Å²) in [6.07, 6.45) is 3.61. The maximum Gasteiger partial charge on any atom is 0.367 e. The van der Waals surface area contributed by atoms with E-state index in [9.17, 15) is 4.79 Å². The molecule has 118 valence electrons. The van der Waals surface area contributed by atoms with Crippen LogP contribution in [-0.4, -0.2) is 18.8 Å². The average molecular weight is 330 g/mol. The molecule has 0 heterocycles. The summed E-state index contributed by atoms with van der Waals surface area (Å²) in [5.41, 5.74) is 1.82. The summed E-state index contributed by atoms with van der Waals surface area (Å²) in [4.78, 5) is 16.8. The molecule has 0 aromatic heterocycles. The van der Waals surface area contributed by atoms with Crippen LogP contribution in [0.5, 0.6) is 5.75 Å². The minimum absolute atomic E-state index is 0.282. The molecule has 0 N–H and O–H groups in total. The molecule has 0 aliphatic heterocycles. The van der Waals surface area contributed by atoms with E-state index in [1.807, 2.05) is 30.3 Å². The third-order valence-corrected chi connectivity index (χ3v) is 3.33. The quantitative estimate of drug-likeness (QED) is 0.458. The van der Waals surface area contributed by atoms with E-state index in [1.165, 1.54) is 0 Å². The second kappa shape index (κ2) is 8.15. The van der Waals surface area contributed by atoms with Gasteiger partial charge in [-0.15, -0.1) is 0 Å². The van der Waals surface area contributed by atoms with Gasteiger partial charge in [-0.05, 0) is 42.8 Å². The van der Waals surface area contributed by atoms with Crippen molar-refractivity contribution in [1.82, 2.24) is 0 Å². The van der Waals surface area contributed by atoms with Crippen molar-refractivity contribution in [1.29, 1.82) is 0 Å². The van der Waals surface area contributed by atoms with Crippen molar-refractivity contribution in [3.8, 4) is 5.75 Å². The zero-order valence-electron chi connectivity index (χ0n) is 12.8. The van der Waals surface area contributed by atoms with Gasteiger partial charge in [-0.25, -0.2) is 4.79 Å². The molecule has 2 aromatic carbocycles. The first kappa shape index (κ1) is 16.8. The molecule has 23 heavy (non-hydrogen) atoms. The summed E-state index contributed by atoms with van der Waals surface area (Å²) in [7, 11) is 1.62. The van der Waals surface area contributed by atoms with Crippen LogP contribution in [-0.2, 0) is 4.84 Å². The molecular formula is C18H16ClNO3. The molecule has 0 radical (unpaired) electrons. The largest absolute Gasteiger partial charge is 0.497 e. The Hall–Kier alpha value is -2.59. The highest BCUT2D eigenvalue weighted by Crippen LogP contribution is 2.16. The van der Waals surface area contributed by atoms with Gasteiger partial charge in [0.25, 0.3) is 0 Å². The van der Waals surface area contributed by atoms with Crippen molar-refractivity contribution in [2.45, 2.75) is 6.92 Å². The van der Waals surface area contributed by atoms with Crippen LogP contribution < -0.4 is 4.74 Å². The number of methoxy groups -OCH3 is 1. The molecule has 0 saturated heterocycles. The number of rotatable bonds is 5. The predicted molar refractivity (Wildman–Crippen MR) is 92.0 cm³/mol. The Balaban J connectivity index is 1.98. The Morgan fingerprint density at radius 2 is 1.83 bits per heavy atom. The molecule has 0 unspecified atom stereocenters. The van der Waals surface area contributed by atoms with E-state index in [2.05, 4.69) is 5.16 Å². The van der Waals surface area contributed by atoms with E-state index in [4.69, 9.17) is 21.2 Å². The number of hydrogen-bond acceptors (Lipinski definition) is 4. The fourth-order valence-electron chi connectivity index (χ4n) is 1.75. The molecule has 4 nitrogen and oxygen atoms in total. The van der Waals surface area contributed by atoms with E-state index >= 15 is 0 Å². The van der Waals surface area contributed by atoms with Crippen LogP contribution in [0, 0.1) is 0 Å². The Kier molecular flexibility index (Phi) is 5.94. The monoisotopic (exact) mass is 329 g/mol. The third-order valence-electron chi connectivity index (χ3n) is 3.00. The highest BCUT2D eigenvalue weighted by molar-refractivity contribution is 6.33. The maximum absolute atomic E-state index is 11.9. The van der Waals surface area contributed by atoms with Crippen LogP contribution in [0.25, 0.3) is 6.08 Å². The molecule has 0 aliphatic rings. The maximum atomic E-state index is 11.9. The molecule has 0 fully saturated rings. The molecule has 5 heteroatoms. The van der Waals surface area contributed by atoms with Crippen LogP contribution in [0.4, 0.5) is 0 Å². The summed E-state index contributed by atoms with van der Waals surface area (Å²) >= 11 is 5.93. The zero-order valence-corrected chi connectivity index (χ0v) is 13.6. The number of allylic oxidation sites excluding steroid dienone is 1. The summed E-state index contributed by atoms with van der Waals surface area (Å²) in [5, 5.41) is 4.12. The van der Waals surface area contributed by atoms with Crippen LogP contribution in [0.3, 0.4) is 0 Å². The van der Waals surface area contributed by atoms with E-state index < -0.39 is 5.97 Å². The Morgan fingerprint density at radius 1 is 1.13 bits per heavy atom. The van der Waals surface area contributed by atoms with Crippen molar-refractivity contribution < 1.29 is 14.4 Å². The second-order valence-corrected chi connectivity index (χ2v) is 5.10. The summed E-state index contributed by atoms with van der Waals surface area (Å²) in [6.45, 7) is 1.74. The lowest BCUT2D eigenvalue weighted by molar-refractivity contribution is 0.0517. The number of carbonyl (C=O) groups is 1. The number of halogens is 1. The molecule has 0 spiro atoms. The van der Waals surface area contributed by atoms with E-state index in [0.29, 0.717) is 10.7 Å². The van der Waals surface area contributed by atoms with Gasteiger partial charge in [0.05, 0.1) is 23.4 Å². The number of oxime groups is 1.